The molecule has 3 aromatic rings. The van der Waals surface area contributed by atoms with Gasteiger partial charge in [0.15, 0.2) is 4.80 Å². The highest BCUT2D eigenvalue weighted by Crippen LogP contribution is 2.32. The van der Waals surface area contributed by atoms with Gasteiger partial charge in [-0.1, -0.05) is 29.0 Å². The fourth-order valence-corrected chi connectivity index (χ4v) is 4.75. The van der Waals surface area contributed by atoms with Gasteiger partial charge in [-0.2, -0.15) is 0 Å². The number of hydrogen-bond acceptors (Lipinski definition) is 6. The Bertz CT molecular complexity index is 1430. The molecule has 1 aromatic heterocycles. The van der Waals surface area contributed by atoms with Crippen LogP contribution < -0.4 is 25.1 Å². The zero-order valence-corrected chi connectivity index (χ0v) is 16.8. The standard InChI is InChI=1S/C20H13ClN4O4S/c21-11-4-5-14-13(7-11)15(17(26)23-14)16-18(27)25-9-24(8-22-20(25)30-16)12-3-1-2-10(6-12)19(28)29/h1-7H,8-9H2,(H,23,26)(H,28,29). The Hall–Kier alpha value is -3.43. The molecule has 8 nitrogen and oxygen atoms in total. The molecule has 0 radical (unpaired) electrons. The topological polar surface area (TPSA) is 104 Å². The van der Waals surface area contributed by atoms with Crippen LogP contribution in [0.2, 0.25) is 5.02 Å². The highest BCUT2D eigenvalue weighted by molar-refractivity contribution is 7.07. The molecule has 2 aromatic carbocycles. The van der Waals surface area contributed by atoms with Gasteiger partial charge in [0.2, 0.25) is 0 Å². The highest BCUT2D eigenvalue weighted by Gasteiger charge is 2.28. The molecule has 0 bridgehead atoms. The Labute approximate surface area is 178 Å². The maximum atomic E-state index is 13.2. The summed E-state index contributed by atoms with van der Waals surface area (Å²) in [5.41, 5.74) is 1.97. The Morgan fingerprint density at radius 2 is 2.03 bits per heavy atom. The molecule has 1 amide bonds. The summed E-state index contributed by atoms with van der Waals surface area (Å²) in [4.78, 5) is 43.7. The van der Waals surface area contributed by atoms with Crippen LogP contribution in [0.25, 0.3) is 5.57 Å². The van der Waals surface area contributed by atoms with E-state index in [0.717, 1.165) is 11.3 Å². The second kappa shape index (κ2) is 6.82. The highest BCUT2D eigenvalue weighted by atomic mass is 35.5. The summed E-state index contributed by atoms with van der Waals surface area (Å²) in [6, 6.07) is 11.5. The summed E-state index contributed by atoms with van der Waals surface area (Å²) in [5.74, 6) is -1.38. The number of benzene rings is 2. The van der Waals surface area contributed by atoms with E-state index >= 15 is 0 Å². The van der Waals surface area contributed by atoms with Gasteiger partial charge >= 0.3 is 5.97 Å². The Morgan fingerprint density at radius 1 is 1.20 bits per heavy atom. The number of nitrogens with zero attached hydrogens (tertiary/aromatic N) is 3. The van der Waals surface area contributed by atoms with Gasteiger partial charge in [0.05, 0.1) is 11.1 Å². The van der Waals surface area contributed by atoms with Crippen LogP contribution in [0, 0.1) is 0 Å². The van der Waals surface area contributed by atoms with Crippen molar-refractivity contribution in [2.75, 3.05) is 16.9 Å². The van der Waals surface area contributed by atoms with Crippen molar-refractivity contribution >= 4 is 51.8 Å². The van der Waals surface area contributed by atoms with Crippen molar-refractivity contribution in [3.05, 3.63) is 78.3 Å². The third-order valence-electron chi connectivity index (χ3n) is 4.96. The number of amides is 1. The lowest BCUT2D eigenvalue weighted by atomic mass is 10.1. The number of aromatic carboxylic acids is 1. The minimum absolute atomic E-state index is 0.156. The third kappa shape index (κ3) is 2.90. The first kappa shape index (κ1) is 18.6. The van der Waals surface area contributed by atoms with Crippen LogP contribution in [0.1, 0.15) is 15.9 Å². The molecule has 10 heteroatoms. The minimum Gasteiger partial charge on any atom is -0.478 e. The van der Waals surface area contributed by atoms with Crippen LogP contribution in [0.15, 0.2) is 52.3 Å². The van der Waals surface area contributed by atoms with Crippen LogP contribution in [0.4, 0.5) is 11.4 Å². The molecule has 2 N–H and O–H groups in total. The smallest absolute Gasteiger partial charge is 0.335 e. The van der Waals surface area contributed by atoms with E-state index in [1.807, 2.05) is 0 Å². The zero-order valence-electron chi connectivity index (χ0n) is 15.3. The van der Waals surface area contributed by atoms with Crippen LogP contribution in [-0.4, -0.2) is 28.2 Å². The normalized spacial score (nSPS) is 16.6. The average Bonchev–Trinajstić information content (AvgIpc) is 3.23. The van der Waals surface area contributed by atoms with Gasteiger partial charge in [-0.3, -0.25) is 14.2 Å². The molecule has 3 heterocycles. The lowest BCUT2D eigenvalue weighted by molar-refractivity contribution is -0.110. The number of fused-ring (bicyclic) bond motifs is 2. The van der Waals surface area contributed by atoms with Crippen molar-refractivity contribution in [1.82, 2.24) is 4.57 Å². The van der Waals surface area contributed by atoms with E-state index < -0.39 is 5.97 Å². The largest absolute Gasteiger partial charge is 0.478 e. The molecule has 0 atom stereocenters. The average molecular weight is 441 g/mol. The van der Waals surface area contributed by atoms with E-state index in [1.54, 1.807) is 41.3 Å². The van der Waals surface area contributed by atoms with Crippen LogP contribution >= 0.6 is 22.9 Å². The molecule has 5 rings (SSSR count). The quantitative estimate of drug-likeness (QED) is 0.628. The van der Waals surface area contributed by atoms with E-state index in [2.05, 4.69) is 10.3 Å². The maximum absolute atomic E-state index is 13.2. The van der Waals surface area contributed by atoms with E-state index in [1.165, 1.54) is 10.6 Å². The summed E-state index contributed by atoms with van der Waals surface area (Å²) in [6.45, 7) is 0.473. The van der Waals surface area contributed by atoms with Crippen molar-refractivity contribution in [2.24, 2.45) is 4.99 Å². The number of aromatic nitrogens is 1. The summed E-state index contributed by atoms with van der Waals surface area (Å²) in [7, 11) is 0. The number of nitrogens with one attached hydrogen (secondary N) is 1. The van der Waals surface area contributed by atoms with Gasteiger partial charge in [-0.05, 0) is 36.4 Å². The van der Waals surface area contributed by atoms with E-state index in [-0.39, 0.29) is 30.4 Å². The molecule has 0 saturated heterocycles. The number of carboxylic acids is 1. The van der Waals surface area contributed by atoms with Gasteiger partial charge in [-0.15, -0.1) is 0 Å². The second-order valence-corrected chi connectivity index (χ2v) is 8.22. The molecule has 0 unspecified atom stereocenters. The summed E-state index contributed by atoms with van der Waals surface area (Å²) in [5, 5.41) is 12.4. The molecule has 0 fully saturated rings. The number of carbonyl (C=O) groups excluding carboxylic acids is 1. The molecular formula is C20H13ClN4O4S. The van der Waals surface area contributed by atoms with E-state index in [9.17, 15) is 19.5 Å². The molecule has 30 heavy (non-hydrogen) atoms. The number of halogens is 1. The fraction of sp³-hybridized carbons (Fsp3) is 0.100. The SMILES string of the molecule is O=C1Nc2ccc(Cl)cc2C1=c1sc2n(c1=O)CN(c1cccc(C(=O)O)c1)CN=2. The van der Waals surface area contributed by atoms with Gasteiger partial charge in [0.1, 0.15) is 17.9 Å². The number of carbonyl (C=O) groups is 2. The van der Waals surface area contributed by atoms with Crippen molar-refractivity contribution < 1.29 is 14.7 Å². The van der Waals surface area contributed by atoms with Gasteiger partial charge in [0.25, 0.3) is 11.5 Å². The van der Waals surface area contributed by atoms with E-state index in [4.69, 9.17) is 11.6 Å². The lowest BCUT2D eigenvalue weighted by Gasteiger charge is -2.25. The monoisotopic (exact) mass is 440 g/mol. The molecule has 0 saturated carbocycles. The molecule has 0 aliphatic carbocycles. The number of rotatable bonds is 2. The molecule has 150 valence electrons. The molecule has 2 aliphatic rings. The predicted molar refractivity (Wildman–Crippen MR) is 113 cm³/mol. The van der Waals surface area contributed by atoms with Crippen molar-refractivity contribution in [1.29, 1.82) is 0 Å². The first-order chi connectivity index (χ1) is 14.4. The second-order valence-electron chi connectivity index (χ2n) is 6.80. The fourth-order valence-electron chi connectivity index (χ4n) is 3.52. The molecule has 2 aliphatic heterocycles. The summed E-state index contributed by atoms with van der Waals surface area (Å²) in [6.07, 6.45) is 0. The van der Waals surface area contributed by atoms with E-state index in [0.29, 0.717) is 36.9 Å². The number of hydrogen-bond donors (Lipinski definition) is 2. The first-order valence-corrected chi connectivity index (χ1v) is 10.1. The number of carboxylic acid groups (broad SMARTS) is 1. The summed E-state index contributed by atoms with van der Waals surface area (Å²) < 4.78 is 1.79. The maximum Gasteiger partial charge on any atom is 0.335 e. The Kier molecular flexibility index (Phi) is 4.23. The number of anilines is 2. The van der Waals surface area contributed by atoms with Gasteiger partial charge < -0.3 is 15.3 Å². The Balaban J connectivity index is 1.62. The predicted octanol–water partition coefficient (Wildman–Crippen LogP) is 1.47. The zero-order chi connectivity index (χ0) is 21.0. The third-order valence-corrected chi connectivity index (χ3v) is 6.31. The van der Waals surface area contributed by atoms with Crippen molar-refractivity contribution in [3.63, 3.8) is 0 Å². The van der Waals surface area contributed by atoms with Gasteiger partial charge in [-0.25, -0.2) is 9.79 Å². The van der Waals surface area contributed by atoms with Crippen molar-refractivity contribution in [2.45, 2.75) is 6.67 Å². The van der Waals surface area contributed by atoms with Crippen molar-refractivity contribution in [3.8, 4) is 0 Å². The molecule has 0 spiro atoms. The number of thiazole rings is 1. The van der Waals surface area contributed by atoms with Crippen LogP contribution in [0.5, 0.6) is 0 Å². The van der Waals surface area contributed by atoms with Gasteiger partial charge in [0, 0.05) is 22.0 Å². The van der Waals surface area contributed by atoms with Crippen LogP contribution in [0.3, 0.4) is 0 Å². The van der Waals surface area contributed by atoms with Crippen LogP contribution in [-0.2, 0) is 11.5 Å². The minimum atomic E-state index is -1.03. The lowest BCUT2D eigenvalue weighted by Crippen LogP contribution is -2.43. The Morgan fingerprint density at radius 3 is 2.83 bits per heavy atom. The molecular weight excluding hydrogens is 428 g/mol. The first-order valence-electron chi connectivity index (χ1n) is 8.90. The summed E-state index contributed by atoms with van der Waals surface area (Å²) >= 11 is 7.25.